The van der Waals surface area contributed by atoms with Crippen molar-refractivity contribution < 1.29 is 9.13 Å². The average Bonchev–Trinajstić information content (AvgIpc) is 2.75. The van der Waals surface area contributed by atoms with E-state index in [4.69, 9.17) is 9.73 Å². The quantitative estimate of drug-likeness (QED) is 0.274. The van der Waals surface area contributed by atoms with E-state index < -0.39 is 0 Å². The zero-order chi connectivity index (χ0) is 21.1. The van der Waals surface area contributed by atoms with Gasteiger partial charge in [-0.15, -0.1) is 24.0 Å². The van der Waals surface area contributed by atoms with Crippen LogP contribution < -0.4 is 10.6 Å². The van der Waals surface area contributed by atoms with Crippen LogP contribution in [0.3, 0.4) is 0 Å². The first-order valence-electron chi connectivity index (χ1n) is 10.8. The van der Waals surface area contributed by atoms with Crippen LogP contribution in [0.25, 0.3) is 0 Å². The molecule has 0 radical (unpaired) electrons. The van der Waals surface area contributed by atoms with Gasteiger partial charge in [0.1, 0.15) is 5.82 Å². The lowest BCUT2D eigenvalue weighted by Gasteiger charge is -2.34. The Hall–Kier alpha value is -0.970. The highest BCUT2D eigenvalue weighted by molar-refractivity contribution is 14.0. The van der Waals surface area contributed by atoms with E-state index in [1.165, 1.54) is 12.1 Å². The fourth-order valence-electron chi connectivity index (χ4n) is 3.41. The van der Waals surface area contributed by atoms with Crippen LogP contribution in [0.15, 0.2) is 29.3 Å². The number of rotatable bonds is 10. The maximum atomic E-state index is 13.4. The lowest BCUT2D eigenvalue weighted by Crippen LogP contribution is -2.43. The third kappa shape index (κ3) is 9.03. The summed E-state index contributed by atoms with van der Waals surface area (Å²) in [4.78, 5) is 9.58. The monoisotopic (exact) mass is 535 g/mol. The first kappa shape index (κ1) is 27.1. The number of aliphatic imine (C=N–C) groups is 1. The smallest absolute Gasteiger partial charge is 0.191 e. The molecule has 1 heterocycles. The fraction of sp³-hybridized carbons (Fsp3) is 0.682. The van der Waals surface area contributed by atoms with Crippen LogP contribution in [-0.2, 0) is 4.74 Å². The molecular formula is C22H39FIN5O. The molecule has 8 heteroatoms. The molecular weight excluding hydrogens is 496 g/mol. The van der Waals surface area contributed by atoms with Crippen molar-refractivity contribution in [2.24, 2.45) is 4.99 Å². The Balaban J connectivity index is 0.00000450. The van der Waals surface area contributed by atoms with Gasteiger partial charge in [0.2, 0.25) is 0 Å². The Kier molecular flexibility index (Phi) is 13.5. The van der Waals surface area contributed by atoms with Crippen molar-refractivity contribution in [2.45, 2.75) is 39.3 Å². The standard InChI is InChI=1S/C22H38FN5O.HI/c1-5-18(3)27(4)12-11-25-22(24-6-2)26-17-21(28-13-15-29-16-14-28)19-7-9-20(23)10-8-19;/h7-10,18,21H,5-6,11-17H2,1-4H3,(H2,24,25,26);1H. The number of ether oxygens (including phenoxy) is 1. The largest absolute Gasteiger partial charge is 0.379 e. The van der Waals surface area contributed by atoms with Crippen LogP contribution in [0.5, 0.6) is 0 Å². The molecule has 1 aromatic carbocycles. The lowest BCUT2D eigenvalue weighted by atomic mass is 10.0. The van der Waals surface area contributed by atoms with E-state index >= 15 is 0 Å². The fourth-order valence-corrected chi connectivity index (χ4v) is 3.41. The minimum Gasteiger partial charge on any atom is -0.379 e. The Morgan fingerprint density at radius 3 is 2.47 bits per heavy atom. The van der Waals surface area contributed by atoms with E-state index in [1.807, 2.05) is 12.1 Å². The molecule has 2 rings (SSSR count). The van der Waals surface area contributed by atoms with E-state index in [2.05, 4.69) is 48.3 Å². The van der Waals surface area contributed by atoms with E-state index in [0.717, 1.165) is 63.9 Å². The third-order valence-corrected chi connectivity index (χ3v) is 5.61. The number of nitrogens with zero attached hydrogens (tertiary/aromatic N) is 3. The highest BCUT2D eigenvalue weighted by Crippen LogP contribution is 2.22. The van der Waals surface area contributed by atoms with Gasteiger partial charge in [0.05, 0.1) is 25.8 Å². The van der Waals surface area contributed by atoms with E-state index in [0.29, 0.717) is 12.6 Å². The van der Waals surface area contributed by atoms with Crippen LogP contribution in [-0.4, -0.2) is 81.3 Å². The van der Waals surface area contributed by atoms with Crippen LogP contribution in [0.1, 0.15) is 38.8 Å². The number of morpholine rings is 1. The molecule has 1 saturated heterocycles. The number of benzene rings is 1. The number of hydrogen-bond donors (Lipinski definition) is 2. The Morgan fingerprint density at radius 2 is 1.87 bits per heavy atom. The predicted octanol–water partition coefficient (Wildman–Crippen LogP) is 3.10. The molecule has 0 amide bonds. The summed E-state index contributed by atoms with van der Waals surface area (Å²) in [6, 6.07) is 7.47. The van der Waals surface area contributed by atoms with Gasteiger partial charge in [0, 0.05) is 38.8 Å². The average molecular weight is 535 g/mol. The first-order valence-corrected chi connectivity index (χ1v) is 10.8. The highest BCUT2D eigenvalue weighted by Gasteiger charge is 2.22. The van der Waals surface area contributed by atoms with Crippen molar-refractivity contribution in [3.8, 4) is 0 Å². The summed E-state index contributed by atoms with van der Waals surface area (Å²) in [6.45, 7) is 12.9. The zero-order valence-electron chi connectivity index (χ0n) is 18.9. The second kappa shape index (κ2) is 14.9. The van der Waals surface area contributed by atoms with Crippen LogP contribution in [0.4, 0.5) is 4.39 Å². The zero-order valence-corrected chi connectivity index (χ0v) is 21.2. The van der Waals surface area contributed by atoms with E-state index in [1.54, 1.807) is 0 Å². The van der Waals surface area contributed by atoms with Gasteiger partial charge in [-0.1, -0.05) is 19.1 Å². The molecule has 2 unspecified atom stereocenters. The summed E-state index contributed by atoms with van der Waals surface area (Å²) >= 11 is 0. The molecule has 6 nitrogen and oxygen atoms in total. The maximum absolute atomic E-state index is 13.4. The predicted molar refractivity (Wildman–Crippen MR) is 133 cm³/mol. The van der Waals surface area contributed by atoms with Crippen LogP contribution in [0, 0.1) is 5.82 Å². The lowest BCUT2D eigenvalue weighted by molar-refractivity contribution is 0.0179. The second-order valence-electron chi connectivity index (χ2n) is 7.60. The van der Waals surface area contributed by atoms with Gasteiger partial charge in [-0.05, 0) is 45.0 Å². The summed E-state index contributed by atoms with van der Waals surface area (Å²) in [6.07, 6.45) is 1.14. The Labute approximate surface area is 198 Å². The summed E-state index contributed by atoms with van der Waals surface area (Å²) in [7, 11) is 2.16. The molecule has 1 aromatic rings. The van der Waals surface area contributed by atoms with Crippen molar-refractivity contribution in [1.29, 1.82) is 0 Å². The molecule has 0 saturated carbocycles. The molecule has 0 bridgehead atoms. The molecule has 0 spiro atoms. The van der Waals surface area contributed by atoms with E-state index in [9.17, 15) is 4.39 Å². The number of likely N-dealkylation sites (N-methyl/N-ethyl adjacent to an activating group) is 1. The van der Waals surface area contributed by atoms with Gasteiger partial charge in [0.25, 0.3) is 0 Å². The summed E-state index contributed by atoms with van der Waals surface area (Å²) in [5.41, 5.74) is 1.09. The van der Waals surface area contributed by atoms with E-state index in [-0.39, 0.29) is 35.8 Å². The summed E-state index contributed by atoms with van der Waals surface area (Å²) in [5, 5.41) is 6.78. The van der Waals surface area contributed by atoms with Gasteiger partial charge < -0.3 is 20.3 Å². The summed E-state index contributed by atoms with van der Waals surface area (Å²) in [5.74, 6) is 0.615. The first-order chi connectivity index (χ1) is 14.0. The molecule has 172 valence electrons. The minimum absolute atomic E-state index is 0. The van der Waals surface area contributed by atoms with Gasteiger partial charge in [-0.25, -0.2) is 4.39 Å². The van der Waals surface area contributed by atoms with Gasteiger partial charge in [-0.3, -0.25) is 9.89 Å². The molecule has 1 aliphatic rings. The molecule has 1 fully saturated rings. The van der Waals surface area contributed by atoms with Gasteiger partial charge in [-0.2, -0.15) is 0 Å². The maximum Gasteiger partial charge on any atom is 0.191 e. The van der Waals surface area contributed by atoms with Crippen molar-refractivity contribution in [2.75, 3.05) is 59.5 Å². The van der Waals surface area contributed by atoms with Crippen molar-refractivity contribution in [1.82, 2.24) is 20.4 Å². The second-order valence-corrected chi connectivity index (χ2v) is 7.60. The molecule has 2 N–H and O–H groups in total. The Morgan fingerprint density at radius 1 is 1.20 bits per heavy atom. The van der Waals surface area contributed by atoms with Crippen LogP contribution in [0.2, 0.25) is 0 Å². The SMILES string of the molecule is CCNC(=NCC(c1ccc(F)cc1)N1CCOCC1)NCCN(C)C(C)CC.I. The molecule has 0 aromatic heterocycles. The third-order valence-electron chi connectivity index (χ3n) is 5.61. The highest BCUT2D eigenvalue weighted by atomic mass is 127. The van der Waals surface area contributed by atoms with Crippen molar-refractivity contribution >= 4 is 29.9 Å². The molecule has 0 aliphatic carbocycles. The van der Waals surface area contributed by atoms with Gasteiger partial charge in [0.15, 0.2) is 5.96 Å². The van der Waals surface area contributed by atoms with Crippen molar-refractivity contribution in [3.63, 3.8) is 0 Å². The number of hydrogen-bond acceptors (Lipinski definition) is 4. The molecule has 2 atom stereocenters. The minimum atomic E-state index is -0.210. The topological polar surface area (TPSA) is 52.1 Å². The van der Waals surface area contributed by atoms with Gasteiger partial charge >= 0.3 is 0 Å². The van der Waals surface area contributed by atoms with Crippen molar-refractivity contribution in [3.05, 3.63) is 35.6 Å². The van der Waals surface area contributed by atoms with Crippen LogP contribution >= 0.6 is 24.0 Å². The Bertz CT molecular complexity index is 610. The molecule has 1 aliphatic heterocycles. The number of guanidine groups is 1. The number of nitrogens with one attached hydrogen (secondary N) is 2. The molecule has 30 heavy (non-hydrogen) atoms. The normalized spacial score (nSPS) is 17.3. The number of halogens is 2. The summed E-state index contributed by atoms with van der Waals surface area (Å²) < 4.78 is 18.9.